The van der Waals surface area contributed by atoms with Crippen molar-refractivity contribution < 1.29 is 27.5 Å². The van der Waals surface area contributed by atoms with E-state index < -0.39 is 28.5 Å². The number of carbonyl (C=O) groups excluding carboxylic acids is 2. The molecule has 0 spiro atoms. The van der Waals surface area contributed by atoms with Crippen LogP contribution in [0.5, 0.6) is 0 Å². The predicted molar refractivity (Wildman–Crippen MR) is 88.1 cm³/mol. The Kier molecular flexibility index (Phi) is 6.33. The lowest BCUT2D eigenvalue weighted by molar-refractivity contribution is -0.123. The molecule has 1 aliphatic heterocycles. The van der Waals surface area contributed by atoms with Crippen LogP contribution in [0.2, 0.25) is 0 Å². The van der Waals surface area contributed by atoms with Crippen LogP contribution < -0.4 is 5.32 Å². The van der Waals surface area contributed by atoms with Gasteiger partial charge >= 0.3 is 5.97 Å². The summed E-state index contributed by atoms with van der Waals surface area (Å²) in [7, 11) is -2.35. The lowest BCUT2D eigenvalue weighted by Gasteiger charge is -2.26. The number of ether oxygens (including phenoxy) is 2. The molecule has 8 nitrogen and oxygen atoms in total. The molecule has 0 atom stereocenters. The molecule has 1 amide bonds. The van der Waals surface area contributed by atoms with Gasteiger partial charge in [-0.2, -0.15) is 4.31 Å². The quantitative estimate of drug-likeness (QED) is 0.690. The Labute approximate surface area is 148 Å². The maximum atomic E-state index is 12.7. The summed E-state index contributed by atoms with van der Waals surface area (Å²) in [6.07, 6.45) is 0. The molecular formula is C14H17BrN2O6S. The Hall–Kier alpha value is -1.49. The lowest BCUT2D eigenvalue weighted by Crippen LogP contribution is -2.40. The van der Waals surface area contributed by atoms with Crippen molar-refractivity contribution in [3.63, 3.8) is 0 Å². The summed E-state index contributed by atoms with van der Waals surface area (Å²) in [6.45, 7) is 0.715. The summed E-state index contributed by atoms with van der Waals surface area (Å²) < 4.78 is 37.1. The highest BCUT2D eigenvalue weighted by Crippen LogP contribution is 2.27. The van der Waals surface area contributed by atoms with E-state index in [0.717, 1.165) is 0 Å². The van der Waals surface area contributed by atoms with Crippen LogP contribution in [0.1, 0.15) is 10.4 Å². The van der Waals surface area contributed by atoms with Gasteiger partial charge in [-0.05, 0) is 34.1 Å². The summed E-state index contributed by atoms with van der Waals surface area (Å²) in [5, 5.41) is 2.32. The Morgan fingerprint density at radius 1 is 1.33 bits per heavy atom. The van der Waals surface area contributed by atoms with Crippen LogP contribution in [0.15, 0.2) is 27.6 Å². The molecule has 0 bridgehead atoms. The van der Waals surface area contributed by atoms with Crippen molar-refractivity contribution in [3.8, 4) is 0 Å². The summed E-state index contributed by atoms with van der Waals surface area (Å²) in [4.78, 5) is 23.1. The summed E-state index contributed by atoms with van der Waals surface area (Å²) in [5.74, 6) is -1.23. The van der Waals surface area contributed by atoms with E-state index in [4.69, 9.17) is 9.47 Å². The van der Waals surface area contributed by atoms with Crippen molar-refractivity contribution in [2.75, 3.05) is 40.0 Å². The standard InChI is InChI=1S/C14H17BrN2O6S/c1-16-13(18)9-23-14(19)10-2-3-11(15)12(8-10)24(20,21)17-4-6-22-7-5-17/h2-3,8H,4-7,9H2,1H3,(H,16,18). The highest BCUT2D eigenvalue weighted by atomic mass is 79.9. The van der Waals surface area contributed by atoms with Crippen LogP contribution in [-0.4, -0.2) is 64.6 Å². The molecule has 0 saturated carbocycles. The number of sulfonamides is 1. The second-order valence-corrected chi connectivity index (χ2v) is 7.67. The lowest BCUT2D eigenvalue weighted by atomic mass is 10.2. The zero-order valence-corrected chi connectivity index (χ0v) is 15.4. The number of nitrogens with zero attached hydrogens (tertiary/aromatic N) is 1. The summed E-state index contributed by atoms with van der Waals surface area (Å²) in [6, 6.07) is 4.12. The van der Waals surface area contributed by atoms with Gasteiger partial charge in [0.05, 0.1) is 23.7 Å². The molecule has 0 aromatic heterocycles. The second-order valence-electron chi connectivity index (χ2n) is 4.91. The van der Waals surface area contributed by atoms with Gasteiger partial charge in [-0.25, -0.2) is 13.2 Å². The maximum Gasteiger partial charge on any atom is 0.338 e. The van der Waals surface area contributed by atoms with Crippen molar-refractivity contribution in [3.05, 3.63) is 28.2 Å². The van der Waals surface area contributed by atoms with Crippen molar-refractivity contribution in [2.45, 2.75) is 4.90 Å². The fraction of sp³-hybridized carbons (Fsp3) is 0.429. The zero-order chi connectivity index (χ0) is 17.7. The Bertz CT molecular complexity index is 731. The number of hydrogen-bond acceptors (Lipinski definition) is 6. The minimum Gasteiger partial charge on any atom is -0.452 e. The number of benzene rings is 1. The molecule has 1 aromatic carbocycles. The van der Waals surface area contributed by atoms with E-state index in [1.807, 2.05) is 0 Å². The first-order valence-corrected chi connectivity index (χ1v) is 9.34. The van der Waals surface area contributed by atoms with Crippen molar-refractivity contribution in [1.29, 1.82) is 0 Å². The third kappa shape index (κ3) is 4.32. The minimum absolute atomic E-state index is 0.0289. The number of halogens is 1. The fourth-order valence-electron chi connectivity index (χ4n) is 2.04. The fourth-order valence-corrected chi connectivity index (χ4v) is 4.40. The number of morpholine rings is 1. The molecule has 132 valence electrons. The summed E-state index contributed by atoms with van der Waals surface area (Å²) >= 11 is 3.20. The first-order chi connectivity index (χ1) is 11.4. The molecule has 24 heavy (non-hydrogen) atoms. The highest BCUT2D eigenvalue weighted by Gasteiger charge is 2.29. The first kappa shape index (κ1) is 18.8. The molecule has 0 radical (unpaired) electrons. The van der Waals surface area contributed by atoms with Gasteiger partial charge in [-0.3, -0.25) is 4.79 Å². The van der Waals surface area contributed by atoms with Crippen LogP contribution in [0, 0.1) is 0 Å². The van der Waals surface area contributed by atoms with E-state index in [1.54, 1.807) is 0 Å². The monoisotopic (exact) mass is 420 g/mol. The minimum atomic E-state index is -3.77. The number of carbonyl (C=O) groups is 2. The first-order valence-electron chi connectivity index (χ1n) is 7.11. The van der Waals surface area contributed by atoms with E-state index in [-0.39, 0.29) is 23.5 Å². The molecule has 2 rings (SSSR count). The zero-order valence-electron chi connectivity index (χ0n) is 13.0. The normalized spacial score (nSPS) is 15.8. The number of hydrogen-bond donors (Lipinski definition) is 1. The molecule has 1 heterocycles. The third-order valence-electron chi connectivity index (χ3n) is 3.37. The maximum absolute atomic E-state index is 12.7. The molecule has 0 unspecified atom stereocenters. The van der Waals surface area contributed by atoms with E-state index in [9.17, 15) is 18.0 Å². The van der Waals surface area contributed by atoms with Gasteiger partial charge in [-0.1, -0.05) is 0 Å². The van der Waals surface area contributed by atoms with Gasteiger partial charge < -0.3 is 14.8 Å². The van der Waals surface area contributed by atoms with Crippen LogP contribution in [0.25, 0.3) is 0 Å². The molecule has 1 saturated heterocycles. The second kappa shape index (κ2) is 8.06. The molecular weight excluding hydrogens is 404 g/mol. The Morgan fingerprint density at radius 2 is 2.00 bits per heavy atom. The van der Waals surface area contributed by atoms with Crippen LogP contribution >= 0.6 is 15.9 Å². The highest BCUT2D eigenvalue weighted by molar-refractivity contribution is 9.10. The molecule has 1 aliphatic rings. The van der Waals surface area contributed by atoms with Gasteiger partial charge in [0.15, 0.2) is 6.61 Å². The molecule has 10 heteroatoms. The average molecular weight is 421 g/mol. The van der Waals surface area contributed by atoms with Crippen molar-refractivity contribution in [2.24, 2.45) is 0 Å². The molecule has 1 N–H and O–H groups in total. The molecule has 1 fully saturated rings. The smallest absolute Gasteiger partial charge is 0.338 e. The van der Waals surface area contributed by atoms with Gasteiger partial charge in [-0.15, -0.1) is 0 Å². The number of rotatable bonds is 5. The predicted octanol–water partition coefficient (Wildman–Crippen LogP) is 0.373. The van der Waals surface area contributed by atoms with Crippen LogP contribution in [0.4, 0.5) is 0 Å². The Balaban J connectivity index is 2.24. The van der Waals surface area contributed by atoms with Gasteiger partial charge in [0.2, 0.25) is 10.0 Å². The van der Waals surface area contributed by atoms with Crippen LogP contribution in [0.3, 0.4) is 0 Å². The SMILES string of the molecule is CNC(=O)COC(=O)c1ccc(Br)c(S(=O)(=O)N2CCOCC2)c1. The van der Waals surface area contributed by atoms with Crippen LogP contribution in [-0.2, 0) is 24.3 Å². The van der Waals surface area contributed by atoms with E-state index in [2.05, 4.69) is 21.2 Å². The van der Waals surface area contributed by atoms with Gasteiger partial charge in [0.25, 0.3) is 5.91 Å². The topological polar surface area (TPSA) is 102 Å². The van der Waals surface area contributed by atoms with E-state index in [1.165, 1.54) is 29.6 Å². The number of amides is 1. The average Bonchev–Trinajstić information content (AvgIpc) is 2.60. The van der Waals surface area contributed by atoms with Crippen molar-refractivity contribution >= 4 is 37.8 Å². The third-order valence-corrected chi connectivity index (χ3v) is 6.26. The summed E-state index contributed by atoms with van der Waals surface area (Å²) in [5.41, 5.74) is 0.0499. The number of likely N-dealkylation sites (N-methyl/N-ethyl adjacent to an activating group) is 1. The number of esters is 1. The Morgan fingerprint density at radius 3 is 2.62 bits per heavy atom. The largest absolute Gasteiger partial charge is 0.452 e. The van der Waals surface area contributed by atoms with E-state index in [0.29, 0.717) is 17.7 Å². The van der Waals surface area contributed by atoms with Gasteiger partial charge in [0, 0.05) is 24.6 Å². The van der Waals surface area contributed by atoms with Crippen molar-refractivity contribution in [1.82, 2.24) is 9.62 Å². The number of nitrogens with one attached hydrogen (secondary N) is 1. The van der Waals surface area contributed by atoms with Gasteiger partial charge in [0.1, 0.15) is 0 Å². The molecule has 1 aromatic rings. The van der Waals surface area contributed by atoms with E-state index >= 15 is 0 Å². The molecule has 0 aliphatic carbocycles.